The fourth-order valence-corrected chi connectivity index (χ4v) is 1.97. The van der Waals surface area contributed by atoms with Crippen molar-refractivity contribution in [2.75, 3.05) is 0 Å². The largest absolute Gasteiger partial charge is 0.476 e. The topological polar surface area (TPSA) is 111 Å². The summed E-state index contributed by atoms with van der Waals surface area (Å²) in [5.74, 6) is 4.04. The van der Waals surface area contributed by atoms with E-state index in [4.69, 9.17) is 33.0 Å². The number of carboxylic acids is 1. The standard InChI is InChI=1S/C15H14ClN3O3/c16-11-5-1-3-9(7-11)10-4-2-6-12(8-10)22-14(19-18)13(17)15(20)21/h1-8,19H,17-18H2,(H,20,21)/b14-13+. The van der Waals surface area contributed by atoms with Crippen LogP contribution >= 0.6 is 11.6 Å². The van der Waals surface area contributed by atoms with Gasteiger partial charge in [-0.25, -0.2) is 10.6 Å². The van der Waals surface area contributed by atoms with E-state index in [9.17, 15) is 4.79 Å². The van der Waals surface area contributed by atoms with Crippen LogP contribution in [0.3, 0.4) is 0 Å². The van der Waals surface area contributed by atoms with Crippen molar-refractivity contribution in [1.82, 2.24) is 5.43 Å². The van der Waals surface area contributed by atoms with Crippen LogP contribution in [-0.4, -0.2) is 11.1 Å². The van der Waals surface area contributed by atoms with Gasteiger partial charge in [-0.2, -0.15) is 0 Å². The third-order valence-electron chi connectivity index (χ3n) is 2.82. The lowest BCUT2D eigenvalue weighted by Gasteiger charge is -2.11. The van der Waals surface area contributed by atoms with Gasteiger partial charge in [-0.05, 0) is 35.4 Å². The number of carboxylic acid groups (broad SMARTS) is 1. The van der Waals surface area contributed by atoms with Crippen LogP contribution in [0.4, 0.5) is 0 Å². The Morgan fingerprint density at radius 2 is 1.77 bits per heavy atom. The molecule has 7 heteroatoms. The molecule has 0 heterocycles. The fourth-order valence-electron chi connectivity index (χ4n) is 1.78. The van der Waals surface area contributed by atoms with Crippen LogP contribution in [0.15, 0.2) is 60.1 Å². The summed E-state index contributed by atoms with van der Waals surface area (Å²) in [6.45, 7) is 0. The van der Waals surface area contributed by atoms with Crippen molar-refractivity contribution in [2.24, 2.45) is 11.6 Å². The molecular weight excluding hydrogens is 306 g/mol. The first kappa shape index (κ1) is 15.7. The summed E-state index contributed by atoms with van der Waals surface area (Å²) in [7, 11) is 0. The minimum absolute atomic E-state index is 0.240. The summed E-state index contributed by atoms with van der Waals surface area (Å²) in [5.41, 5.74) is 8.75. The van der Waals surface area contributed by atoms with Gasteiger partial charge in [0.05, 0.1) is 0 Å². The van der Waals surface area contributed by atoms with Crippen molar-refractivity contribution in [3.05, 3.63) is 65.1 Å². The number of ether oxygens (including phenoxy) is 1. The van der Waals surface area contributed by atoms with E-state index in [1.807, 2.05) is 24.3 Å². The highest BCUT2D eigenvalue weighted by Gasteiger charge is 2.12. The Balaban J connectivity index is 2.33. The van der Waals surface area contributed by atoms with Gasteiger partial charge in [-0.15, -0.1) is 0 Å². The highest BCUT2D eigenvalue weighted by Crippen LogP contribution is 2.26. The minimum Gasteiger partial charge on any atom is -0.476 e. The molecule has 2 aromatic rings. The maximum absolute atomic E-state index is 10.8. The second-order valence-electron chi connectivity index (χ2n) is 4.33. The van der Waals surface area contributed by atoms with Crippen LogP contribution in [0.2, 0.25) is 5.02 Å². The molecule has 0 bridgehead atoms. The predicted octanol–water partition coefficient (Wildman–Crippen LogP) is 2.06. The predicted molar refractivity (Wildman–Crippen MR) is 83.7 cm³/mol. The molecule has 0 aliphatic rings. The number of rotatable bonds is 5. The molecule has 0 radical (unpaired) electrons. The number of carbonyl (C=O) groups is 1. The van der Waals surface area contributed by atoms with Crippen LogP contribution < -0.4 is 21.7 Å². The van der Waals surface area contributed by atoms with Crippen molar-refractivity contribution in [2.45, 2.75) is 0 Å². The second kappa shape index (κ2) is 6.84. The Kier molecular flexibility index (Phi) is 4.88. The average molecular weight is 320 g/mol. The number of hydrogen-bond acceptors (Lipinski definition) is 5. The maximum Gasteiger partial charge on any atom is 0.357 e. The van der Waals surface area contributed by atoms with Crippen LogP contribution in [0.5, 0.6) is 5.75 Å². The van der Waals surface area contributed by atoms with E-state index in [1.54, 1.807) is 24.3 Å². The highest BCUT2D eigenvalue weighted by atomic mass is 35.5. The summed E-state index contributed by atoms with van der Waals surface area (Å²) in [6.07, 6.45) is 0. The molecule has 0 saturated heterocycles. The van der Waals surface area contributed by atoms with Crippen molar-refractivity contribution < 1.29 is 14.6 Å². The number of benzene rings is 2. The first-order valence-corrected chi connectivity index (χ1v) is 6.62. The third-order valence-corrected chi connectivity index (χ3v) is 3.05. The second-order valence-corrected chi connectivity index (χ2v) is 4.77. The zero-order valence-electron chi connectivity index (χ0n) is 11.4. The van der Waals surface area contributed by atoms with Gasteiger partial charge in [0.15, 0.2) is 5.70 Å². The molecule has 6 nitrogen and oxygen atoms in total. The lowest BCUT2D eigenvalue weighted by Crippen LogP contribution is -2.31. The molecule has 0 aliphatic heterocycles. The van der Waals surface area contributed by atoms with Gasteiger partial charge in [0, 0.05) is 5.02 Å². The molecule has 114 valence electrons. The summed E-state index contributed by atoms with van der Waals surface area (Å²) < 4.78 is 5.38. The molecule has 22 heavy (non-hydrogen) atoms. The summed E-state index contributed by atoms with van der Waals surface area (Å²) in [5, 5.41) is 9.47. The first-order valence-electron chi connectivity index (χ1n) is 6.25. The Bertz CT molecular complexity index is 731. The molecule has 0 aromatic heterocycles. The lowest BCUT2D eigenvalue weighted by atomic mass is 10.1. The molecule has 0 spiro atoms. The quantitative estimate of drug-likeness (QED) is 0.290. The monoisotopic (exact) mass is 319 g/mol. The number of nitrogens with one attached hydrogen (secondary N) is 1. The average Bonchev–Trinajstić information content (AvgIpc) is 2.52. The van der Waals surface area contributed by atoms with E-state index in [2.05, 4.69) is 5.43 Å². The van der Waals surface area contributed by atoms with Crippen molar-refractivity contribution >= 4 is 17.6 Å². The molecule has 2 aromatic carbocycles. The molecule has 6 N–H and O–H groups in total. The molecule has 0 atom stereocenters. The van der Waals surface area contributed by atoms with Crippen molar-refractivity contribution in [3.63, 3.8) is 0 Å². The molecule has 0 fully saturated rings. The van der Waals surface area contributed by atoms with E-state index in [1.165, 1.54) is 0 Å². The molecular formula is C15H14ClN3O3. The number of hydrazine groups is 1. The summed E-state index contributed by atoms with van der Waals surface area (Å²) in [4.78, 5) is 10.8. The smallest absolute Gasteiger partial charge is 0.357 e. The highest BCUT2D eigenvalue weighted by molar-refractivity contribution is 6.30. The molecule has 2 rings (SSSR count). The number of aliphatic carboxylic acids is 1. The van der Waals surface area contributed by atoms with E-state index in [0.29, 0.717) is 10.8 Å². The van der Waals surface area contributed by atoms with Crippen LogP contribution in [0.25, 0.3) is 11.1 Å². The Morgan fingerprint density at radius 1 is 1.14 bits per heavy atom. The maximum atomic E-state index is 10.8. The molecule has 0 aliphatic carbocycles. The minimum atomic E-state index is -1.33. The van der Waals surface area contributed by atoms with Crippen molar-refractivity contribution in [1.29, 1.82) is 0 Å². The van der Waals surface area contributed by atoms with Gasteiger partial charge in [0.1, 0.15) is 5.75 Å². The zero-order valence-corrected chi connectivity index (χ0v) is 12.2. The Hall–Kier alpha value is -2.70. The van der Waals surface area contributed by atoms with E-state index in [0.717, 1.165) is 11.1 Å². The molecule has 0 saturated carbocycles. The van der Waals surface area contributed by atoms with E-state index in [-0.39, 0.29) is 5.88 Å². The van der Waals surface area contributed by atoms with Crippen LogP contribution in [0, 0.1) is 0 Å². The normalized spacial score (nSPS) is 11.5. The van der Waals surface area contributed by atoms with Gasteiger partial charge >= 0.3 is 5.97 Å². The number of halogens is 1. The zero-order chi connectivity index (χ0) is 16.1. The molecule has 0 unspecified atom stereocenters. The number of hydrogen-bond donors (Lipinski definition) is 4. The first-order chi connectivity index (χ1) is 10.5. The SMILES string of the molecule is NN/C(Oc1cccc(-c2cccc(Cl)c2)c1)=C(\N)C(=O)O. The van der Waals surface area contributed by atoms with E-state index < -0.39 is 11.7 Å². The van der Waals surface area contributed by atoms with Gasteiger partial charge in [0.2, 0.25) is 5.88 Å². The Labute approximate surface area is 131 Å². The summed E-state index contributed by atoms with van der Waals surface area (Å²) >= 11 is 5.97. The van der Waals surface area contributed by atoms with Crippen LogP contribution in [-0.2, 0) is 4.79 Å². The van der Waals surface area contributed by atoms with Gasteiger partial charge in [-0.1, -0.05) is 35.9 Å². The fraction of sp³-hybridized carbons (Fsp3) is 0. The summed E-state index contributed by atoms with van der Waals surface area (Å²) in [6, 6.07) is 14.3. The van der Waals surface area contributed by atoms with Crippen LogP contribution in [0.1, 0.15) is 0 Å². The lowest BCUT2D eigenvalue weighted by molar-refractivity contribution is -0.132. The van der Waals surface area contributed by atoms with Gasteiger partial charge in [-0.3, -0.25) is 5.43 Å². The Morgan fingerprint density at radius 3 is 2.36 bits per heavy atom. The number of nitrogens with two attached hydrogens (primary N) is 2. The van der Waals surface area contributed by atoms with Gasteiger partial charge in [0.25, 0.3) is 0 Å². The van der Waals surface area contributed by atoms with Crippen molar-refractivity contribution in [3.8, 4) is 16.9 Å². The van der Waals surface area contributed by atoms with E-state index >= 15 is 0 Å². The van der Waals surface area contributed by atoms with Gasteiger partial charge < -0.3 is 15.6 Å². The third kappa shape index (κ3) is 3.69. The molecule has 0 amide bonds.